The average Bonchev–Trinajstić information content (AvgIpc) is 2.27. The van der Waals surface area contributed by atoms with Crippen LogP contribution >= 0.6 is 23.2 Å². The van der Waals surface area contributed by atoms with E-state index in [1.165, 1.54) is 0 Å². The van der Waals surface area contributed by atoms with E-state index in [1.54, 1.807) is 0 Å². The van der Waals surface area contributed by atoms with Crippen molar-refractivity contribution in [2.24, 2.45) is 5.92 Å². The summed E-state index contributed by atoms with van der Waals surface area (Å²) in [5.74, 6) is 1.08. The zero-order chi connectivity index (χ0) is 12.7. The Kier molecular flexibility index (Phi) is 6.47. The van der Waals surface area contributed by atoms with E-state index in [1.807, 2.05) is 0 Å². The molecule has 0 aromatic carbocycles. The molecule has 1 rings (SSSR count). The van der Waals surface area contributed by atoms with Crippen LogP contribution in [0.3, 0.4) is 0 Å². The van der Waals surface area contributed by atoms with Crippen LogP contribution < -0.4 is 5.32 Å². The molecule has 0 amide bonds. The molecule has 96 valence electrons. The number of hydrogen-bond donors (Lipinski definition) is 1. The summed E-state index contributed by atoms with van der Waals surface area (Å²) >= 11 is 11.4. The van der Waals surface area contributed by atoms with Gasteiger partial charge in [-0.05, 0) is 23.9 Å². The number of aromatic nitrogens is 3. The standard InChI is InChI=1S/C10H16Cl2N4O/c1-7(2)3-5-17-6-4-13-9-8(11)15-16-10(12)14-9/h7H,3-6H2,1-2H3,(H,13,14,16). The van der Waals surface area contributed by atoms with Crippen LogP contribution in [-0.2, 0) is 4.74 Å². The molecule has 1 aromatic rings. The zero-order valence-electron chi connectivity index (χ0n) is 9.91. The molecule has 0 aliphatic carbocycles. The molecule has 0 fully saturated rings. The zero-order valence-corrected chi connectivity index (χ0v) is 11.4. The first-order valence-corrected chi connectivity index (χ1v) is 6.22. The predicted molar refractivity (Wildman–Crippen MR) is 68.6 cm³/mol. The summed E-state index contributed by atoms with van der Waals surface area (Å²) < 4.78 is 5.43. The fourth-order valence-corrected chi connectivity index (χ4v) is 1.34. The maximum absolute atomic E-state index is 5.78. The molecule has 0 radical (unpaired) electrons. The lowest BCUT2D eigenvalue weighted by Crippen LogP contribution is -2.12. The lowest BCUT2D eigenvalue weighted by molar-refractivity contribution is 0.132. The van der Waals surface area contributed by atoms with E-state index in [0.717, 1.165) is 13.0 Å². The minimum Gasteiger partial charge on any atom is -0.380 e. The van der Waals surface area contributed by atoms with Crippen LogP contribution in [0.25, 0.3) is 0 Å². The van der Waals surface area contributed by atoms with Crippen LogP contribution in [0.4, 0.5) is 5.82 Å². The number of nitrogens with zero attached hydrogens (tertiary/aromatic N) is 3. The summed E-state index contributed by atoms with van der Waals surface area (Å²) in [4.78, 5) is 3.91. The second-order valence-electron chi connectivity index (χ2n) is 3.94. The molecular weight excluding hydrogens is 263 g/mol. The van der Waals surface area contributed by atoms with E-state index >= 15 is 0 Å². The molecular formula is C10H16Cl2N4O. The largest absolute Gasteiger partial charge is 0.380 e. The van der Waals surface area contributed by atoms with Gasteiger partial charge < -0.3 is 10.1 Å². The number of rotatable bonds is 7. The molecule has 1 heterocycles. The fraction of sp³-hybridized carbons (Fsp3) is 0.700. The Labute approximate surface area is 111 Å². The van der Waals surface area contributed by atoms with Gasteiger partial charge in [0.2, 0.25) is 5.28 Å². The molecule has 0 aliphatic rings. The van der Waals surface area contributed by atoms with Gasteiger partial charge in [0.15, 0.2) is 11.0 Å². The molecule has 0 bridgehead atoms. The maximum Gasteiger partial charge on any atom is 0.245 e. The van der Waals surface area contributed by atoms with Crippen molar-refractivity contribution < 1.29 is 4.74 Å². The Balaban J connectivity index is 2.20. The van der Waals surface area contributed by atoms with Crippen LogP contribution in [0, 0.1) is 5.92 Å². The molecule has 0 unspecified atom stereocenters. The van der Waals surface area contributed by atoms with E-state index in [2.05, 4.69) is 34.3 Å². The Hall–Kier alpha value is -0.650. The smallest absolute Gasteiger partial charge is 0.245 e. The molecule has 0 aliphatic heterocycles. The first-order valence-electron chi connectivity index (χ1n) is 5.47. The van der Waals surface area contributed by atoms with Gasteiger partial charge in [-0.3, -0.25) is 0 Å². The normalized spacial score (nSPS) is 10.9. The van der Waals surface area contributed by atoms with Crippen molar-refractivity contribution in [3.63, 3.8) is 0 Å². The minimum atomic E-state index is 0.0672. The molecule has 5 nitrogen and oxygen atoms in total. The number of nitrogens with one attached hydrogen (secondary N) is 1. The van der Waals surface area contributed by atoms with Crippen LogP contribution in [-0.4, -0.2) is 34.9 Å². The monoisotopic (exact) mass is 278 g/mol. The summed E-state index contributed by atoms with van der Waals surface area (Å²) in [7, 11) is 0. The summed E-state index contributed by atoms with van der Waals surface area (Å²) in [6.07, 6.45) is 1.06. The van der Waals surface area contributed by atoms with Gasteiger partial charge in [0, 0.05) is 13.2 Å². The highest BCUT2D eigenvalue weighted by atomic mass is 35.5. The molecule has 17 heavy (non-hydrogen) atoms. The van der Waals surface area contributed by atoms with Crippen molar-refractivity contribution in [2.75, 3.05) is 25.1 Å². The van der Waals surface area contributed by atoms with E-state index in [0.29, 0.717) is 24.9 Å². The third kappa shape index (κ3) is 6.00. The third-order valence-electron chi connectivity index (χ3n) is 2.00. The Morgan fingerprint density at radius 2 is 2.00 bits per heavy atom. The Morgan fingerprint density at radius 1 is 1.24 bits per heavy atom. The van der Waals surface area contributed by atoms with Gasteiger partial charge in [-0.1, -0.05) is 25.4 Å². The quantitative estimate of drug-likeness (QED) is 0.777. The molecule has 0 saturated carbocycles. The highest BCUT2D eigenvalue weighted by molar-refractivity contribution is 6.32. The van der Waals surface area contributed by atoms with Crippen LogP contribution in [0.2, 0.25) is 10.4 Å². The summed E-state index contributed by atoms with van der Waals surface area (Å²) in [6.45, 7) is 6.28. The number of anilines is 1. The van der Waals surface area contributed by atoms with Gasteiger partial charge in [-0.15, -0.1) is 10.2 Å². The summed E-state index contributed by atoms with van der Waals surface area (Å²) in [5, 5.41) is 10.4. The van der Waals surface area contributed by atoms with Crippen molar-refractivity contribution >= 4 is 29.0 Å². The second kappa shape index (κ2) is 7.63. The van der Waals surface area contributed by atoms with Crippen molar-refractivity contribution in [1.82, 2.24) is 15.2 Å². The molecule has 1 N–H and O–H groups in total. The van der Waals surface area contributed by atoms with Gasteiger partial charge in [-0.25, -0.2) is 0 Å². The van der Waals surface area contributed by atoms with E-state index in [9.17, 15) is 0 Å². The summed E-state index contributed by atoms with van der Waals surface area (Å²) in [5.41, 5.74) is 0. The third-order valence-corrected chi connectivity index (χ3v) is 2.41. The second-order valence-corrected chi connectivity index (χ2v) is 4.64. The number of ether oxygens (including phenoxy) is 1. The average molecular weight is 279 g/mol. The SMILES string of the molecule is CC(C)CCOCCNc1nc(Cl)nnc1Cl. The van der Waals surface area contributed by atoms with E-state index in [4.69, 9.17) is 27.9 Å². The van der Waals surface area contributed by atoms with E-state index < -0.39 is 0 Å². The Morgan fingerprint density at radius 3 is 2.71 bits per heavy atom. The van der Waals surface area contributed by atoms with Gasteiger partial charge >= 0.3 is 0 Å². The predicted octanol–water partition coefficient (Wildman–Crippen LogP) is 2.65. The first-order chi connectivity index (χ1) is 8.09. The van der Waals surface area contributed by atoms with Crippen LogP contribution in [0.15, 0.2) is 0 Å². The number of halogens is 2. The van der Waals surface area contributed by atoms with Gasteiger partial charge in [0.05, 0.1) is 6.61 Å². The lowest BCUT2D eigenvalue weighted by atomic mass is 10.1. The molecule has 7 heteroatoms. The molecule has 0 spiro atoms. The first kappa shape index (κ1) is 14.4. The fourth-order valence-electron chi connectivity index (χ4n) is 1.07. The highest BCUT2D eigenvalue weighted by Crippen LogP contribution is 2.15. The van der Waals surface area contributed by atoms with Crippen molar-refractivity contribution in [3.05, 3.63) is 10.4 Å². The summed E-state index contributed by atoms with van der Waals surface area (Å²) in [6, 6.07) is 0. The van der Waals surface area contributed by atoms with Crippen LogP contribution in [0.1, 0.15) is 20.3 Å². The minimum absolute atomic E-state index is 0.0672. The maximum atomic E-state index is 5.78. The van der Waals surface area contributed by atoms with Gasteiger partial charge in [0.25, 0.3) is 0 Å². The Bertz CT molecular complexity index is 349. The molecule has 0 saturated heterocycles. The van der Waals surface area contributed by atoms with Gasteiger partial charge in [0.1, 0.15) is 0 Å². The van der Waals surface area contributed by atoms with E-state index in [-0.39, 0.29) is 10.4 Å². The molecule has 0 atom stereocenters. The molecule has 1 aromatic heterocycles. The topological polar surface area (TPSA) is 59.9 Å². The van der Waals surface area contributed by atoms with Crippen molar-refractivity contribution in [3.8, 4) is 0 Å². The number of hydrogen-bond acceptors (Lipinski definition) is 5. The highest BCUT2D eigenvalue weighted by Gasteiger charge is 2.04. The van der Waals surface area contributed by atoms with Crippen LogP contribution in [0.5, 0.6) is 0 Å². The van der Waals surface area contributed by atoms with Crippen molar-refractivity contribution in [2.45, 2.75) is 20.3 Å². The van der Waals surface area contributed by atoms with Crippen molar-refractivity contribution in [1.29, 1.82) is 0 Å². The lowest BCUT2D eigenvalue weighted by Gasteiger charge is -2.08. The van der Waals surface area contributed by atoms with Gasteiger partial charge in [-0.2, -0.15) is 4.98 Å².